The van der Waals surface area contributed by atoms with Gasteiger partial charge in [-0.25, -0.2) is 14.6 Å². The molecule has 11 heteroatoms. The molecule has 1 atom stereocenters. The fourth-order valence-electron chi connectivity index (χ4n) is 4.22. The summed E-state index contributed by atoms with van der Waals surface area (Å²) in [4.78, 5) is 36.5. The third-order valence-corrected chi connectivity index (χ3v) is 7.76. The second kappa shape index (κ2) is 11.3. The van der Waals surface area contributed by atoms with E-state index in [2.05, 4.69) is 20.4 Å². The highest BCUT2D eigenvalue weighted by molar-refractivity contribution is 7.98. The minimum Gasteiger partial charge on any atom is -0.341 e. The number of rotatable bonds is 8. The Labute approximate surface area is 213 Å². The Kier molecular flexibility index (Phi) is 8.19. The van der Waals surface area contributed by atoms with Crippen LogP contribution in [0.3, 0.4) is 0 Å². The van der Waals surface area contributed by atoms with E-state index in [9.17, 15) is 9.59 Å². The number of nitrogens with two attached hydrogens (primary N) is 1. The number of hydrogen-bond donors (Lipinski definition) is 2. The zero-order chi connectivity index (χ0) is 24.9. The molecular weight excluding hydrogens is 482 g/mol. The smallest absolute Gasteiger partial charge is 0.275 e. The number of nitrogens with one attached hydrogen (secondary N) is 1. The first kappa shape index (κ1) is 25.3. The summed E-state index contributed by atoms with van der Waals surface area (Å²) in [5.41, 5.74) is 8.83. The quantitative estimate of drug-likeness (QED) is 0.474. The number of nitrogens with zero attached hydrogens (tertiary/aromatic N) is 5. The van der Waals surface area contributed by atoms with Crippen molar-refractivity contribution in [2.75, 3.05) is 30.4 Å². The van der Waals surface area contributed by atoms with Gasteiger partial charge in [0, 0.05) is 36.3 Å². The van der Waals surface area contributed by atoms with Crippen molar-refractivity contribution in [1.82, 2.24) is 24.6 Å². The number of aryl methyl sites for hydroxylation is 2. The lowest BCUT2D eigenvalue weighted by Gasteiger charge is -2.32. The van der Waals surface area contributed by atoms with Crippen LogP contribution in [0.15, 0.2) is 29.8 Å². The summed E-state index contributed by atoms with van der Waals surface area (Å²) in [7, 11) is 0. The lowest BCUT2D eigenvalue weighted by atomic mass is 9.97. The molecule has 35 heavy (non-hydrogen) atoms. The van der Waals surface area contributed by atoms with Gasteiger partial charge in [0.05, 0.1) is 22.4 Å². The second-order valence-corrected chi connectivity index (χ2v) is 10.6. The Morgan fingerprint density at radius 2 is 2.09 bits per heavy atom. The standard InChI is InChI=1S/C24H31N7O2S2/c1-15-13-16(2)31(29-15)21-19(5-4-9-26-21)27-22(32)20-14-35-23(28-20)17-6-10-30(11-7-17)24(33)18(25)8-12-34-3/h4-5,9,13-14,17-18H,6-8,10-12,25H2,1-3H3,(H,27,32). The van der Waals surface area contributed by atoms with E-state index in [0.717, 1.165) is 35.0 Å². The number of anilines is 1. The number of carbonyl (C=O) groups is 2. The van der Waals surface area contributed by atoms with E-state index in [1.54, 1.807) is 40.2 Å². The summed E-state index contributed by atoms with van der Waals surface area (Å²) in [6, 6.07) is 5.12. The number of hydrogen-bond acceptors (Lipinski definition) is 8. The average Bonchev–Trinajstić information content (AvgIpc) is 3.49. The van der Waals surface area contributed by atoms with Crippen LogP contribution in [-0.2, 0) is 4.79 Å². The molecule has 4 rings (SSSR count). The SMILES string of the molecule is CSCCC(N)C(=O)N1CCC(c2nc(C(=O)Nc3cccnc3-n3nc(C)cc3C)cs2)CC1. The van der Waals surface area contributed by atoms with Gasteiger partial charge in [0.15, 0.2) is 5.82 Å². The van der Waals surface area contributed by atoms with Crippen LogP contribution in [-0.4, -0.2) is 67.6 Å². The first-order valence-electron chi connectivity index (χ1n) is 11.7. The molecule has 186 valence electrons. The highest BCUT2D eigenvalue weighted by atomic mass is 32.2. The maximum atomic E-state index is 13.0. The molecule has 0 radical (unpaired) electrons. The molecule has 9 nitrogen and oxygen atoms in total. The van der Waals surface area contributed by atoms with E-state index in [0.29, 0.717) is 36.7 Å². The van der Waals surface area contributed by atoms with Crippen LogP contribution in [0.25, 0.3) is 5.82 Å². The molecule has 1 unspecified atom stereocenters. The first-order chi connectivity index (χ1) is 16.9. The van der Waals surface area contributed by atoms with Gasteiger partial charge < -0.3 is 16.0 Å². The van der Waals surface area contributed by atoms with Gasteiger partial charge in [-0.3, -0.25) is 9.59 Å². The van der Waals surface area contributed by atoms with Crippen molar-refractivity contribution < 1.29 is 9.59 Å². The molecular formula is C24H31N7O2S2. The van der Waals surface area contributed by atoms with E-state index in [4.69, 9.17) is 5.73 Å². The molecule has 1 fully saturated rings. The van der Waals surface area contributed by atoms with Gasteiger partial charge in [0.25, 0.3) is 5.91 Å². The Balaban J connectivity index is 1.38. The highest BCUT2D eigenvalue weighted by Gasteiger charge is 2.28. The summed E-state index contributed by atoms with van der Waals surface area (Å²) in [6.07, 6.45) is 6.03. The molecule has 3 aromatic heterocycles. The number of pyridine rings is 1. The van der Waals surface area contributed by atoms with Crippen molar-refractivity contribution in [1.29, 1.82) is 0 Å². The molecule has 1 aliphatic heterocycles. The minimum atomic E-state index is -0.430. The van der Waals surface area contributed by atoms with Crippen LogP contribution < -0.4 is 11.1 Å². The molecule has 0 aromatic carbocycles. The Morgan fingerprint density at radius 3 is 2.77 bits per heavy atom. The number of piperidine rings is 1. The van der Waals surface area contributed by atoms with Gasteiger partial charge in [-0.15, -0.1) is 11.3 Å². The summed E-state index contributed by atoms with van der Waals surface area (Å²) in [6.45, 7) is 5.20. The first-order valence-corrected chi connectivity index (χ1v) is 13.9. The fourth-order valence-corrected chi connectivity index (χ4v) is 5.68. The van der Waals surface area contributed by atoms with Crippen molar-refractivity contribution in [2.24, 2.45) is 5.73 Å². The number of thiazole rings is 1. The van der Waals surface area contributed by atoms with Gasteiger partial charge in [-0.1, -0.05) is 0 Å². The van der Waals surface area contributed by atoms with Crippen molar-refractivity contribution in [3.63, 3.8) is 0 Å². The molecule has 0 spiro atoms. The highest BCUT2D eigenvalue weighted by Crippen LogP contribution is 2.31. The molecule has 3 aromatic rings. The molecule has 1 aliphatic rings. The van der Waals surface area contributed by atoms with Crippen molar-refractivity contribution >= 4 is 40.6 Å². The largest absolute Gasteiger partial charge is 0.341 e. The predicted molar refractivity (Wildman–Crippen MR) is 140 cm³/mol. The number of amides is 2. The van der Waals surface area contributed by atoms with E-state index in [-0.39, 0.29) is 17.7 Å². The predicted octanol–water partition coefficient (Wildman–Crippen LogP) is 3.38. The number of likely N-dealkylation sites (tertiary alicyclic amines) is 1. The number of carbonyl (C=O) groups excluding carboxylic acids is 2. The van der Waals surface area contributed by atoms with E-state index >= 15 is 0 Å². The van der Waals surface area contributed by atoms with Crippen molar-refractivity contribution in [3.8, 4) is 5.82 Å². The van der Waals surface area contributed by atoms with Crippen LogP contribution in [0, 0.1) is 13.8 Å². The Bertz CT molecular complexity index is 1180. The van der Waals surface area contributed by atoms with Crippen LogP contribution in [0.4, 0.5) is 5.69 Å². The number of aromatic nitrogens is 4. The van der Waals surface area contributed by atoms with Gasteiger partial charge in [-0.05, 0) is 63.3 Å². The maximum Gasteiger partial charge on any atom is 0.275 e. The summed E-state index contributed by atoms with van der Waals surface area (Å²) in [5.74, 6) is 1.43. The van der Waals surface area contributed by atoms with E-state index in [1.165, 1.54) is 11.3 Å². The molecule has 0 bridgehead atoms. The fraction of sp³-hybridized carbons (Fsp3) is 0.458. The van der Waals surface area contributed by atoms with E-state index in [1.807, 2.05) is 31.1 Å². The zero-order valence-corrected chi connectivity index (χ0v) is 21.9. The van der Waals surface area contributed by atoms with Gasteiger partial charge in [0.1, 0.15) is 5.69 Å². The molecule has 0 saturated carbocycles. The molecule has 2 amide bonds. The van der Waals surface area contributed by atoms with Gasteiger partial charge in [0.2, 0.25) is 5.91 Å². The van der Waals surface area contributed by atoms with Crippen LogP contribution >= 0.6 is 23.1 Å². The second-order valence-electron chi connectivity index (χ2n) is 8.73. The molecule has 3 N–H and O–H groups in total. The zero-order valence-electron chi connectivity index (χ0n) is 20.2. The molecule has 4 heterocycles. The van der Waals surface area contributed by atoms with Crippen LogP contribution in [0.2, 0.25) is 0 Å². The van der Waals surface area contributed by atoms with Gasteiger partial charge in [-0.2, -0.15) is 16.9 Å². The van der Waals surface area contributed by atoms with Crippen LogP contribution in [0.5, 0.6) is 0 Å². The lowest BCUT2D eigenvalue weighted by molar-refractivity contribution is -0.133. The topological polar surface area (TPSA) is 119 Å². The van der Waals surface area contributed by atoms with E-state index < -0.39 is 6.04 Å². The summed E-state index contributed by atoms with van der Waals surface area (Å²) < 4.78 is 1.72. The van der Waals surface area contributed by atoms with Crippen LogP contribution in [0.1, 0.15) is 52.1 Å². The lowest BCUT2D eigenvalue weighted by Crippen LogP contribution is -2.47. The third kappa shape index (κ3) is 5.91. The summed E-state index contributed by atoms with van der Waals surface area (Å²) in [5, 5.41) is 10.1. The Hall–Kier alpha value is -2.76. The monoisotopic (exact) mass is 513 g/mol. The normalized spacial score (nSPS) is 15.3. The maximum absolute atomic E-state index is 13.0. The van der Waals surface area contributed by atoms with Crippen molar-refractivity contribution in [2.45, 2.75) is 45.1 Å². The third-order valence-electron chi connectivity index (χ3n) is 6.11. The van der Waals surface area contributed by atoms with Gasteiger partial charge >= 0.3 is 0 Å². The molecule has 0 aliphatic carbocycles. The van der Waals surface area contributed by atoms with Crippen molar-refractivity contribution in [3.05, 3.63) is 51.9 Å². The Morgan fingerprint density at radius 1 is 1.31 bits per heavy atom. The summed E-state index contributed by atoms with van der Waals surface area (Å²) >= 11 is 3.19. The number of thioether (sulfide) groups is 1. The molecule has 1 saturated heterocycles. The minimum absolute atomic E-state index is 0.0339. The average molecular weight is 514 g/mol.